The first kappa shape index (κ1) is 23.3. The molecule has 0 fully saturated rings. The van der Waals surface area contributed by atoms with Crippen molar-refractivity contribution in [3.8, 4) is 0 Å². The Morgan fingerprint density at radius 2 is 1.26 bits per heavy atom. The van der Waals surface area contributed by atoms with Crippen molar-refractivity contribution in [1.82, 2.24) is 0 Å². The topological polar surface area (TPSA) is 52.5 Å². The average molecular weight is 364 g/mol. The van der Waals surface area contributed by atoms with Crippen LogP contribution in [0.2, 0.25) is 0 Å². The molecule has 0 aromatic carbocycles. The SMILES string of the molecule is CCCCCCCC/C=C/CCCCCCCCOP([O-])(O)=S. The summed E-state index contributed by atoms with van der Waals surface area (Å²) in [6, 6.07) is 0. The van der Waals surface area contributed by atoms with E-state index in [-0.39, 0.29) is 0 Å². The zero-order valence-corrected chi connectivity index (χ0v) is 16.6. The van der Waals surface area contributed by atoms with Gasteiger partial charge in [-0.3, -0.25) is 0 Å². The molecule has 0 saturated carbocycles. The van der Waals surface area contributed by atoms with E-state index in [4.69, 9.17) is 4.89 Å². The Kier molecular flexibility index (Phi) is 17.3. The van der Waals surface area contributed by atoms with Crippen LogP contribution in [0, 0.1) is 0 Å². The van der Waals surface area contributed by atoms with Crippen LogP contribution in [0.15, 0.2) is 12.2 Å². The van der Waals surface area contributed by atoms with Crippen LogP contribution in [0.5, 0.6) is 0 Å². The standard InChI is InChI=1S/C18H37O3PS/c1-2-3-4-5-6-7-8-9-10-11-12-13-14-15-16-17-18-21-22(19,20)23/h9-10H,2-8,11-18H2,1H3,(H2,19,20,23)/p-1/b10-9+. The highest BCUT2D eigenvalue weighted by molar-refractivity contribution is 8.06. The third-order valence-electron chi connectivity index (χ3n) is 3.91. The van der Waals surface area contributed by atoms with Crippen LogP contribution in [-0.2, 0) is 16.3 Å². The molecule has 0 bridgehead atoms. The highest BCUT2D eigenvalue weighted by atomic mass is 32.5. The largest absolute Gasteiger partial charge is 0.780 e. The summed E-state index contributed by atoms with van der Waals surface area (Å²) in [5.74, 6) is 0. The molecule has 0 amide bonds. The van der Waals surface area contributed by atoms with E-state index < -0.39 is 6.72 Å². The predicted molar refractivity (Wildman–Crippen MR) is 102 cm³/mol. The summed E-state index contributed by atoms with van der Waals surface area (Å²) in [7, 11) is 0. The molecule has 1 unspecified atom stereocenters. The van der Waals surface area contributed by atoms with Crippen LogP contribution in [0.3, 0.4) is 0 Å². The van der Waals surface area contributed by atoms with E-state index in [1.165, 1.54) is 70.6 Å². The zero-order valence-electron chi connectivity index (χ0n) is 14.9. The molecule has 138 valence electrons. The average Bonchev–Trinajstić information content (AvgIpc) is 2.49. The van der Waals surface area contributed by atoms with Crippen LogP contribution < -0.4 is 4.89 Å². The van der Waals surface area contributed by atoms with Gasteiger partial charge in [0, 0.05) is 0 Å². The highest BCUT2D eigenvalue weighted by Gasteiger charge is 1.96. The second kappa shape index (κ2) is 17.1. The first-order valence-electron chi connectivity index (χ1n) is 9.39. The van der Waals surface area contributed by atoms with E-state index in [0.29, 0.717) is 6.61 Å². The third-order valence-corrected chi connectivity index (χ3v) is 4.74. The van der Waals surface area contributed by atoms with Gasteiger partial charge in [-0.05, 0) is 32.1 Å². The Balaban J connectivity index is 3.12. The van der Waals surface area contributed by atoms with E-state index in [0.717, 1.165) is 19.3 Å². The van der Waals surface area contributed by atoms with E-state index in [2.05, 4.69) is 35.4 Å². The molecule has 5 heteroatoms. The summed E-state index contributed by atoms with van der Waals surface area (Å²) in [6.45, 7) is -1.12. The summed E-state index contributed by atoms with van der Waals surface area (Å²) in [5.41, 5.74) is 0. The lowest BCUT2D eigenvalue weighted by Gasteiger charge is -2.19. The summed E-state index contributed by atoms with van der Waals surface area (Å²) in [6.07, 6.45) is 22.1. The number of rotatable bonds is 17. The van der Waals surface area contributed by atoms with Crippen LogP contribution >= 0.6 is 6.72 Å². The minimum absolute atomic E-state index is 0.304. The molecule has 0 aromatic rings. The summed E-state index contributed by atoms with van der Waals surface area (Å²) in [5, 5.41) is 0. The smallest absolute Gasteiger partial charge is 0.112 e. The molecular weight excluding hydrogens is 327 g/mol. The Hall–Kier alpha value is 0.270. The predicted octanol–water partition coefficient (Wildman–Crippen LogP) is 5.62. The lowest BCUT2D eigenvalue weighted by atomic mass is 10.1. The van der Waals surface area contributed by atoms with E-state index in [9.17, 15) is 4.89 Å². The van der Waals surface area contributed by atoms with Crippen molar-refractivity contribution in [2.24, 2.45) is 0 Å². The number of unbranched alkanes of at least 4 members (excludes halogenated alkanes) is 12. The van der Waals surface area contributed by atoms with Crippen molar-refractivity contribution in [3.63, 3.8) is 0 Å². The molecule has 0 spiro atoms. The van der Waals surface area contributed by atoms with E-state index in [1.54, 1.807) is 0 Å². The zero-order chi connectivity index (χ0) is 17.2. The molecule has 0 heterocycles. The number of hydrogen-bond acceptors (Lipinski definition) is 3. The van der Waals surface area contributed by atoms with Gasteiger partial charge in [0.25, 0.3) is 0 Å². The van der Waals surface area contributed by atoms with E-state index in [1.807, 2.05) is 0 Å². The maximum atomic E-state index is 10.7. The second-order valence-corrected chi connectivity index (χ2v) is 8.82. The lowest BCUT2D eigenvalue weighted by molar-refractivity contribution is -0.201. The molecule has 1 atom stereocenters. The Morgan fingerprint density at radius 1 is 0.826 bits per heavy atom. The summed E-state index contributed by atoms with van der Waals surface area (Å²) < 4.78 is 4.67. The third kappa shape index (κ3) is 22.3. The van der Waals surface area contributed by atoms with Gasteiger partial charge in [0.2, 0.25) is 0 Å². The Bertz CT molecular complexity index is 315. The Morgan fingerprint density at radius 3 is 1.74 bits per heavy atom. The van der Waals surface area contributed by atoms with Crippen LogP contribution in [0.4, 0.5) is 0 Å². The molecule has 0 aromatic heterocycles. The molecule has 0 rings (SSSR count). The van der Waals surface area contributed by atoms with Crippen molar-refractivity contribution >= 4 is 18.5 Å². The van der Waals surface area contributed by atoms with Crippen molar-refractivity contribution in [2.45, 2.75) is 96.8 Å². The fourth-order valence-electron chi connectivity index (χ4n) is 2.53. The normalized spacial score (nSPS) is 14.4. The fraction of sp³-hybridized carbons (Fsp3) is 0.889. The van der Waals surface area contributed by atoms with Crippen LogP contribution in [0.25, 0.3) is 0 Å². The molecule has 3 nitrogen and oxygen atoms in total. The van der Waals surface area contributed by atoms with Gasteiger partial charge in [0.1, 0.15) is 6.72 Å². The molecule has 0 saturated heterocycles. The van der Waals surface area contributed by atoms with Crippen molar-refractivity contribution < 1.29 is 14.3 Å². The van der Waals surface area contributed by atoms with E-state index >= 15 is 0 Å². The lowest BCUT2D eigenvalue weighted by Crippen LogP contribution is -2.03. The molecule has 1 N–H and O–H groups in total. The minimum Gasteiger partial charge on any atom is -0.780 e. The maximum absolute atomic E-state index is 10.7. The summed E-state index contributed by atoms with van der Waals surface area (Å²) in [4.78, 5) is 19.5. The van der Waals surface area contributed by atoms with Gasteiger partial charge in [-0.2, -0.15) is 0 Å². The minimum atomic E-state index is -3.68. The maximum Gasteiger partial charge on any atom is 0.112 e. The molecule has 23 heavy (non-hydrogen) atoms. The van der Waals surface area contributed by atoms with Gasteiger partial charge in [-0.1, -0.05) is 88.7 Å². The molecule has 0 aliphatic rings. The van der Waals surface area contributed by atoms with Crippen molar-refractivity contribution in [1.29, 1.82) is 0 Å². The fourth-order valence-corrected chi connectivity index (χ4v) is 3.11. The molecular formula is C18H36O3PS-. The van der Waals surface area contributed by atoms with Gasteiger partial charge in [0.05, 0.1) is 6.61 Å². The van der Waals surface area contributed by atoms with Crippen molar-refractivity contribution in [3.05, 3.63) is 12.2 Å². The molecule has 0 radical (unpaired) electrons. The van der Waals surface area contributed by atoms with Crippen LogP contribution in [-0.4, -0.2) is 11.5 Å². The number of hydrogen-bond donors (Lipinski definition) is 1. The first-order valence-corrected chi connectivity index (χ1v) is 12.0. The monoisotopic (exact) mass is 363 g/mol. The summed E-state index contributed by atoms with van der Waals surface area (Å²) >= 11 is 4.28. The quantitative estimate of drug-likeness (QED) is 0.207. The van der Waals surface area contributed by atoms with Gasteiger partial charge in [0.15, 0.2) is 0 Å². The Labute approximate surface area is 148 Å². The number of allylic oxidation sites excluding steroid dienone is 2. The molecule has 0 aliphatic carbocycles. The van der Waals surface area contributed by atoms with Gasteiger partial charge < -0.3 is 14.3 Å². The van der Waals surface area contributed by atoms with Crippen molar-refractivity contribution in [2.75, 3.05) is 6.61 Å². The van der Waals surface area contributed by atoms with Gasteiger partial charge in [-0.25, -0.2) is 0 Å². The van der Waals surface area contributed by atoms with Gasteiger partial charge in [-0.15, -0.1) is 0 Å². The molecule has 0 aliphatic heterocycles. The van der Waals surface area contributed by atoms with Crippen LogP contribution in [0.1, 0.15) is 96.8 Å². The highest BCUT2D eigenvalue weighted by Crippen LogP contribution is 2.30. The first-order chi connectivity index (χ1) is 11.1. The van der Waals surface area contributed by atoms with Gasteiger partial charge >= 0.3 is 0 Å². The second-order valence-electron chi connectivity index (χ2n) is 6.24.